The van der Waals surface area contributed by atoms with Crippen molar-refractivity contribution in [3.63, 3.8) is 0 Å². The monoisotopic (exact) mass is 554 g/mol. The number of benzene rings is 3. The van der Waals surface area contributed by atoms with Gasteiger partial charge in [0.05, 0.1) is 44.5 Å². The minimum absolute atomic E-state index is 0.228. The number of hydrogen-bond donors (Lipinski definition) is 0. The molecule has 3 aromatic carbocycles. The highest BCUT2D eigenvalue weighted by Crippen LogP contribution is 2.26. The summed E-state index contributed by atoms with van der Waals surface area (Å²) < 4.78 is 49.7. The number of nitrogens with zero attached hydrogens (tertiary/aromatic N) is 2. The van der Waals surface area contributed by atoms with Crippen molar-refractivity contribution in [2.45, 2.75) is 17.6 Å². The van der Waals surface area contributed by atoms with Crippen LogP contribution in [-0.2, 0) is 26.1 Å². The van der Waals surface area contributed by atoms with Gasteiger partial charge in [-0.2, -0.15) is 4.31 Å². The summed E-state index contributed by atoms with van der Waals surface area (Å²) >= 11 is 0. The van der Waals surface area contributed by atoms with Crippen LogP contribution in [-0.4, -0.2) is 77.6 Å². The molecule has 0 aliphatic carbocycles. The van der Waals surface area contributed by atoms with Crippen molar-refractivity contribution in [2.24, 2.45) is 0 Å². The van der Waals surface area contributed by atoms with E-state index < -0.39 is 10.0 Å². The molecule has 0 saturated carbocycles. The van der Waals surface area contributed by atoms with Crippen molar-refractivity contribution in [2.75, 3.05) is 54.1 Å². The molecule has 0 unspecified atom stereocenters. The molecule has 0 spiro atoms. The predicted molar refractivity (Wildman–Crippen MR) is 146 cm³/mol. The molecule has 3 aromatic rings. The second-order valence-electron chi connectivity index (χ2n) is 9.15. The molecule has 0 amide bonds. The molecule has 1 atom stereocenters. The third-order valence-corrected chi connectivity index (χ3v) is 8.62. The Hall–Kier alpha value is -3.44. The zero-order valence-corrected chi connectivity index (χ0v) is 23.2. The summed E-state index contributed by atoms with van der Waals surface area (Å²) in [6.07, 6.45) is -0.276. The molecule has 39 heavy (non-hydrogen) atoms. The maximum Gasteiger partial charge on any atom is 0.337 e. The van der Waals surface area contributed by atoms with Gasteiger partial charge in [0, 0.05) is 38.8 Å². The van der Waals surface area contributed by atoms with Gasteiger partial charge in [-0.1, -0.05) is 30.3 Å². The Kier molecular flexibility index (Phi) is 9.58. The van der Waals surface area contributed by atoms with Crippen LogP contribution in [0.15, 0.2) is 77.7 Å². The molecule has 10 heteroatoms. The van der Waals surface area contributed by atoms with Gasteiger partial charge in [-0.15, -0.1) is 0 Å². The Labute approximate surface area is 229 Å². The average molecular weight is 555 g/mol. The molecule has 1 saturated heterocycles. The van der Waals surface area contributed by atoms with Crippen molar-refractivity contribution in [1.82, 2.24) is 9.21 Å². The first-order valence-electron chi connectivity index (χ1n) is 12.6. The highest BCUT2D eigenvalue weighted by atomic mass is 32.2. The normalized spacial score (nSPS) is 15.5. The number of esters is 1. The van der Waals surface area contributed by atoms with Crippen molar-refractivity contribution in [3.8, 4) is 11.5 Å². The van der Waals surface area contributed by atoms with E-state index in [1.165, 1.54) is 18.5 Å². The maximum atomic E-state index is 13.2. The minimum atomic E-state index is -3.62. The van der Waals surface area contributed by atoms with E-state index in [4.69, 9.17) is 18.9 Å². The molecule has 0 bridgehead atoms. The van der Waals surface area contributed by atoms with Crippen LogP contribution in [0.5, 0.6) is 11.5 Å². The van der Waals surface area contributed by atoms with E-state index in [1.54, 1.807) is 43.5 Å². The Bertz CT molecular complexity index is 1350. The first kappa shape index (κ1) is 28.6. The number of sulfonamides is 1. The molecule has 208 valence electrons. The molecular weight excluding hydrogens is 520 g/mol. The van der Waals surface area contributed by atoms with Crippen molar-refractivity contribution in [3.05, 3.63) is 89.5 Å². The fourth-order valence-corrected chi connectivity index (χ4v) is 5.90. The summed E-state index contributed by atoms with van der Waals surface area (Å²) in [5, 5.41) is 0. The summed E-state index contributed by atoms with van der Waals surface area (Å²) in [6, 6.07) is 21.4. The number of piperazine rings is 1. The smallest absolute Gasteiger partial charge is 0.337 e. The van der Waals surface area contributed by atoms with Gasteiger partial charge in [0.2, 0.25) is 10.0 Å². The van der Waals surface area contributed by atoms with Crippen LogP contribution >= 0.6 is 0 Å². The average Bonchev–Trinajstić information content (AvgIpc) is 2.99. The van der Waals surface area contributed by atoms with E-state index in [0.29, 0.717) is 50.6 Å². The van der Waals surface area contributed by atoms with E-state index in [0.717, 1.165) is 16.9 Å². The van der Waals surface area contributed by atoms with E-state index >= 15 is 0 Å². The lowest BCUT2D eigenvalue weighted by Crippen LogP contribution is -2.49. The lowest BCUT2D eigenvalue weighted by Gasteiger charge is -2.36. The molecule has 0 N–H and O–H groups in total. The standard InChI is InChI=1S/C29H34N2O7S/c1-35-25-7-4-6-24(18-25)28(38-21-22-10-12-23(13-11-22)29(32)37-3)20-30-14-16-31(17-15-30)39(33,34)27-9-5-8-26(19-27)36-2/h4-13,18-19,28H,14-17,20-21H2,1-3H3/t28-/m0/s1. The van der Waals surface area contributed by atoms with Gasteiger partial charge in [0.25, 0.3) is 0 Å². The van der Waals surface area contributed by atoms with Gasteiger partial charge < -0.3 is 18.9 Å². The predicted octanol–water partition coefficient (Wildman–Crippen LogP) is 3.75. The second kappa shape index (κ2) is 13.1. The summed E-state index contributed by atoms with van der Waals surface area (Å²) in [5.41, 5.74) is 2.36. The van der Waals surface area contributed by atoms with Crippen LogP contribution in [0.3, 0.4) is 0 Å². The van der Waals surface area contributed by atoms with Gasteiger partial charge in [-0.25, -0.2) is 13.2 Å². The summed E-state index contributed by atoms with van der Waals surface area (Å²) in [5.74, 6) is 0.856. The van der Waals surface area contributed by atoms with Crippen LogP contribution in [0.25, 0.3) is 0 Å². The molecule has 1 heterocycles. The first-order chi connectivity index (χ1) is 18.8. The largest absolute Gasteiger partial charge is 0.497 e. The number of hydrogen-bond acceptors (Lipinski definition) is 8. The van der Waals surface area contributed by atoms with E-state index in [1.807, 2.05) is 36.4 Å². The van der Waals surface area contributed by atoms with Crippen molar-refractivity contribution < 1.29 is 32.2 Å². The fraction of sp³-hybridized carbons (Fsp3) is 0.345. The van der Waals surface area contributed by atoms with Crippen LogP contribution in [0.2, 0.25) is 0 Å². The first-order valence-corrected chi connectivity index (χ1v) is 14.1. The Morgan fingerprint density at radius 2 is 1.49 bits per heavy atom. The Morgan fingerprint density at radius 1 is 0.846 bits per heavy atom. The number of methoxy groups -OCH3 is 3. The quantitative estimate of drug-likeness (QED) is 0.331. The third-order valence-electron chi connectivity index (χ3n) is 6.73. The number of carbonyl (C=O) groups is 1. The molecular formula is C29H34N2O7S. The lowest BCUT2D eigenvalue weighted by atomic mass is 10.1. The molecule has 0 aromatic heterocycles. The van der Waals surface area contributed by atoms with Gasteiger partial charge in [-0.05, 0) is 47.5 Å². The van der Waals surface area contributed by atoms with Crippen LogP contribution in [0.4, 0.5) is 0 Å². The van der Waals surface area contributed by atoms with E-state index in [-0.39, 0.29) is 17.0 Å². The van der Waals surface area contributed by atoms with Crippen molar-refractivity contribution in [1.29, 1.82) is 0 Å². The fourth-order valence-electron chi connectivity index (χ4n) is 4.45. The molecule has 1 fully saturated rings. The second-order valence-corrected chi connectivity index (χ2v) is 11.1. The maximum absolute atomic E-state index is 13.2. The molecule has 4 rings (SSSR count). The Balaban J connectivity index is 1.43. The van der Waals surface area contributed by atoms with E-state index in [9.17, 15) is 13.2 Å². The summed E-state index contributed by atoms with van der Waals surface area (Å²) in [4.78, 5) is 14.2. The van der Waals surface area contributed by atoms with Crippen LogP contribution in [0.1, 0.15) is 27.6 Å². The van der Waals surface area contributed by atoms with Gasteiger partial charge >= 0.3 is 5.97 Å². The highest BCUT2D eigenvalue weighted by molar-refractivity contribution is 7.89. The zero-order chi connectivity index (χ0) is 27.8. The van der Waals surface area contributed by atoms with Gasteiger partial charge in [-0.3, -0.25) is 4.90 Å². The topological polar surface area (TPSA) is 94.6 Å². The van der Waals surface area contributed by atoms with Gasteiger partial charge in [0.1, 0.15) is 11.5 Å². The number of carbonyl (C=O) groups excluding carboxylic acids is 1. The molecule has 1 aliphatic rings. The number of rotatable bonds is 11. The zero-order valence-electron chi connectivity index (χ0n) is 22.4. The van der Waals surface area contributed by atoms with E-state index in [2.05, 4.69) is 4.90 Å². The summed E-state index contributed by atoms with van der Waals surface area (Å²) in [7, 11) is 0.875. The highest BCUT2D eigenvalue weighted by Gasteiger charge is 2.30. The molecule has 9 nitrogen and oxygen atoms in total. The lowest BCUT2D eigenvalue weighted by molar-refractivity contribution is 0.00761. The molecule has 0 radical (unpaired) electrons. The van der Waals surface area contributed by atoms with Crippen LogP contribution < -0.4 is 9.47 Å². The third kappa shape index (κ3) is 7.15. The summed E-state index contributed by atoms with van der Waals surface area (Å²) in [6.45, 7) is 2.81. The number of ether oxygens (including phenoxy) is 4. The molecule has 1 aliphatic heterocycles. The Morgan fingerprint density at radius 3 is 2.13 bits per heavy atom. The van der Waals surface area contributed by atoms with Gasteiger partial charge in [0.15, 0.2) is 0 Å². The minimum Gasteiger partial charge on any atom is -0.497 e. The van der Waals surface area contributed by atoms with Crippen LogP contribution in [0, 0.1) is 0 Å². The van der Waals surface area contributed by atoms with Crippen molar-refractivity contribution >= 4 is 16.0 Å². The SMILES string of the molecule is COC(=O)c1ccc(CO[C@@H](CN2CCN(S(=O)(=O)c3cccc(OC)c3)CC2)c2cccc(OC)c2)cc1.